The summed E-state index contributed by atoms with van der Waals surface area (Å²) < 4.78 is 15.7. The molecular formula is C21H19N3O4S. The topological polar surface area (TPSA) is 107 Å². The van der Waals surface area contributed by atoms with E-state index in [9.17, 15) is 10.1 Å². The van der Waals surface area contributed by atoms with E-state index in [1.54, 1.807) is 56.7 Å². The molecule has 1 aromatic heterocycles. The van der Waals surface area contributed by atoms with Crippen molar-refractivity contribution in [3.63, 3.8) is 0 Å². The standard InChI is InChI=1S/C21H19N3O4S/c1-26-13-6-4-12(5-7-13)19(25)20-18(23)15(11-22)21(29-20)24-16-9-8-14(27-2)10-17(16)28-3/h4-10,24H,23H2,1-3H3. The molecule has 29 heavy (non-hydrogen) atoms. The van der Waals surface area contributed by atoms with Gasteiger partial charge in [-0.2, -0.15) is 5.26 Å². The van der Waals surface area contributed by atoms with E-state index >= 15 is 0 Å². The van der Waals surface area contributed by atoms with Crippen molar-refractivity contribution in [3.8, 4) is 23.3 Å². The molecule has 0 saturated heterocycles. The molecule has 0 aliphatic heterocycles. The first-order valence-corrected chi connectivity index (χ1v) is 9.34. The summed E-state index contributed by atoms with van der Waals surface area (Å²) in [6, 6.07) is 14.0. The number of ether oxygens (including phenoxy) is 3. The van der Waals surface area contributed by atoms with E-state index in [-0.39, 0.29) is 17.0 Å². The summed E-state index contributed by atoms with van der Waals surface area (Å²) in [7, 11) is 4.65. The van der Waals surface area contributed by atoms with Gasteiger partial charge in [0.1, 0.15) is 38.8 Å². The molecule has 8 heteroatoms. The molecule has 3 rings (SSSR count). The van der Waals surface area contributed by atoms with Crippen LogP contribution in [0.1, 0.15) is 20.8 Å². The van der Waals surface area contributed by atoms with E-state index in [4.69, 9.17) is 19.9 Å². The molecule has 0 spiro atoms. The number of benzene rings is 2. The van der Waals surface area contributed by atoms with E-state index < -0.39 is 0 Å². The van der Waals surface area contributed by atoms with Gasteiger partial charge in [-0.05, 0) is 36.4 Å². The van der Waals surface area contributed by atoms with Crippen LogP contribution in [0, 0.1) is 11.3 Å². The van der Waals surface area contributed by atoms with Gasteiger partial charge < -0.3 is 25.3 Å². The molecule has 0 unspecified atom stereocenters. The molecule has 0 amide bonds. The van der Waals surface area contributed by atoms with Crippen LogP contribution in [0.2, 0.25) is 0 Å². The first kappa shape index (κ1) is 20.0. The highest BCUT2D eigenvalue weighted by Gasteiger charge is 2.23. The summed E-state index contributed by atoms with van der Waals surface area (Å²) in [6.45, 7) is 0. The molecule has 0 bridgehead atoms. The Bertz CT molecular complexity index is 1080. The maximum absolute atomic E-state index is 12.9. The number of nitrogens with one attached hydrogen (secondary N) is 1. The minimum absolute atomic E-state index is 0.147. The molecule has 0 aliphatic rings. The van der Waals surface area contributed by atoms with Crippen molar-refractivity contribution in [2.24, 2.45) is 0 Å². The van der Waals surface area contributed by atoms with Crippen LogP contribution in [-0.2, 0) is 0 Å². The summed E-state index contributed by atoms with van der Waals surface area (Å²) >= 11 is 1.12. The predicted octanol–water partition coefficient (Wildman–Crippen LogP) is 4.20. The normalized spacial score (nSPS) is 10.1. The molecule has 0 aliphatic carbocycles. The SMILES string of the molecule is COc1ccc(C(=O)c2sc(Nc3ccc(OC)cc3OC)c(C#N)c2N)cc1. The summed E-state index contributed by atoms with van der Waals surface area (Å²) in [4.78, 5) is 13.2. The van der Waals surface area contributed by atoms with Crippen molar-refractivity contribution in [3.05, 3.63) is 58.5 Å². The highest BCUT2D eigenvalue weighted by molar-refractivity contribution is 7.19. The van der Waals surface area contributed by atoms with Crippen molar-refractivity contribution in [2.75, 3.05) is 32.4 Å². The molecule has 3 aromatic rings. The fourth-order valence-electron chi connectivity index (χ4n) is 2.71. The highest BCUT2D eigenvalue weighted by Crippen LogP contribution is 2.40. The lowest BCUT2D eigenvalue weighted by molar-refractivity contribution is 0.104. The number of hydrogen-bond acceptors (Lipinski definition) is 8. The van der Waals surface area contributed by atoms with Gasteiger partial charge in [0.15, 0.2) is 0 Å². The third-order valence-electron chi connectivity index (χ3n) is 4.27. The Labute approximate surface area is 172 Å². The molecule has 0 radical (unpaired) electrons. The second-order valence-electron chi connectivity index (χ2n) is 5.91. The number of nitriles is 1. The number of nitrogens with zero attached hydrogens (tertiary/aromatic N) is 1. The maximum Gasteiger partial charge on any atom is 0.205 e. The Kier molecular flexibility index (Phi) is 5.90. The first-order valence-electron chi connectivity index (χ1n) is 8.52. The zero-order valence-corrected chi connectivity index (χ0v) is 16.9. The summed E-state index contributed by atoms with van der Waals surface area (Å²) in [5.74, 6) is 1.55. The molecule has 3 N–H and O–H groups in total. The summed E-state index contributed by atoms with van der Waals surface area (Å²) in [6.07, 6.45) is 0. The molecule has 0 fully saturated rings. The number of rotatable bonds is 7. The third kappa shape index (κ3) is 3.95. The van der Waals surface area contributed by atoms with E-state index in [1.165, 1.54) is 7.11 Å². The van der Waals surface area contributed by atoms with Crippen LogP contribution in [0.3, 0.4) is 0 Å². The van der Waals surface area contributed by atoms with Gasteiger partial charge in [-0.1, -0.05) is 0 Å². The smallest absolute Gasteiger partial charge is 0.205 e. The van der Waals surface area contributed by atoms with Crippen LogP contribution >= 0.6 is 11.3 Å². The van der Waals surface area contributed by atoms with Crippen LogP contribution < -0.4 is 25.3 Å². The second-order valence-corrected chi connectivity index (χ2v) is 6.93. The highest BCUT2D eigenvalue weighted by atomic mass is 32.1. The Morgan fingerprint density at radius 3 is 2.28 bits per heavy atom. The number of anilines is 3. The van der Waals surface area contributed by atoms with Crippen LogP contribution in [-0.4, -0.2) is 27.1 Å². The van der Waals surface area contributed by atoms with Gasteiger partial charge in [0, 0.05) is 11.6 Å². The lowest BCUT2D eigenvalue weighted by Gasteiger charge is -2.11. The molecular weight excluding hydrogens is 390 g/mol. The average molecular weight is 409 g/mol. The minimum Gasteiger partial charge on any atom is -0.497 e. The van der Waals surface area contributed by atoms with Crippen molar-refractivity contribution < 1.29 is 19.0 Å². The number of carbonyl (C=O) groups is 1. The maximum atomic E-state index is 12.9. The zero-order valence-electron chi connectivity index (χ0n) is 16.1. The number of hydrogen-bond donors (Lipinski definition) is 2. The van der Waals surface area contributed by atoms with E-state index in [0.717, 1.165) is 11.3 Å². The van der Waals surface area contributed by atoms with Crippen molar-refractivity contribution >= 4 is 33.5 Å². The molecule has 1 heterocycles. The van der Waals surface area contributed by atoms with Crippen molar-refractivity contribution in [1.82, 2.24) is 0 Å². The monoisotopic (exact) mass is 409 g/mol. The fraction of sp³-hybridized carbons (Fsp3) is 0.143. The second kappa shape index (κ2) is 8.54. The van der Waals surface area contributed by atoms with Crippen LogP contribution in [0.25, 0.3) is 0 Å². The Morgan fingerprint density at radius 1 is 1.03 bits per heavy atom. The molecule has 0 atom stereocenters. The number of thiophene rings is 1. The minimum atomic E-state index is -0.263. The molecule has 0 saturated carbocycles. The molecule has 148 valence electrons. The number of nitrogens with two attached hydrogens (primary N) is 1. The van der Waals surface area contributed by atoms with E-state index in [2.05, 4.69) is 11.4 Å². The largest absolute Gasteiger partial charge is 0.497 e. The number of carbonyl (C=O) groups excluding carboxylic acids is 1. The fourth-order valence-corrected chi connectivity index (χ4v) is 3.75. The number of ketones is 1. The lowest BCUT2D eigenvalue weighted by Crippen LogP contribution is -2.02. The zero-order chi connectivity index (χ0) is 21.0. The summed E-state index contributed by atoms with van der Waals surface area (Å²) in [5, 5.41) is 13.2. The van der Waals surface area contributed by atoms with Gasteiger partial charge in [-0.3, -0.25) is 4.79 Å². The number of nitrogen functional groups attached to an aromatic ring is 1. The Balaban J connectivity index is 1.97. The van der Waals surface area contributed by atoms with Gasteiger partial charge in [0.25, 0.3) is 0 Å². The van der Waals surface area contributed by atoms with Crippen molar-refractivity contribution in [2.45, 2.75) is 0 Å². The van der Waals surface area contributed by atoms with Crippen LogP contribution in [0.15, 0.2) is 42.5 Å². The first-order chi connectivity index (χ1) is 14.0. The van der Waals surface area contributed by atoms with Gasteiger partial charge in [-0.25, -0.2) is 0 Å². The summed E-state index contributed by atoms with van der Waals surface area (Å²) in [5.41, 5.74) is 7.56. The average Bonchev–Trinajstić information content (AvgIpc) is 3.08. The van der Waals surface area contributed by atoms with Crippen molar-refractivity contribution in [1.29, 1.82) is 5.26 Å². The van der Waals surface area contributed by atoms with Crippen LogP contribution in [0.5, 0.6) is 17.2 Å². The van der Waals surface area contributed by atoms with Gasteiger partial charge in [-0.15, -0.1) is 11.3 Å². The lowest BCUT2D eigenvalue weighted by atomic mass is 10.1. The van der Waals surface area contributed by atoms with E-state index in [1.807, 2.05) is 0 Å². The van der Waals surface area contributed by atoms with Gasteiger partial charge >= 0.3 is 0 Å². The third-order valence-corrected chi connectivity index (χ3v) is 5.39. The number of methoxy groups -OCH3 is 3. The predicted molar refractivity (Wildman–Crippen MR) is 113 cm³/mol. The Hall–Kier alpha value is -3.70. The Morgan fingerprint density at radius 2 is 1.69 bits per heavy atom. The molecule has 7 nitrogen and oxygen atoms in total. The van der Waals surface area contributed by atoms with E-state index in [0.29, 0.717) is 38.4 Å². The van der Waals surface area contributed by atoms with Gasteiger partial charge in [0.2, 0.25) is 5.78 Å². The quantitative estimate of drug-likeness (QED) is 0.563. The van der Waals surface area contributed by atoms with Crippen LogP contribution in [0.4, 0.5) is 16.4 Å². The van der Waals surface area contributed by atoms with Gasteiger partial charge in [0.05, 0.1) is 32.7 Å². The molecule has 2 aromatic carbocycles.